The van der Waals surface area contributed by atoms with E-state index >= 15 is 0 Å². The maximum atomic E-state index is 10.5. The van der Waals surface area contributed by atoms with Crippen molar-refractivity contribution in [1.82, 2.24) is 4.90 Å². The number of carbonyl (C=O) groups is 1. The van der Waals surface area contributed by atoms with Crippen LogP contribution in [0.4, 0.5) is 0 Å². The van der Waals surface area contributed by atoms with Crippen LogP contribution >= 0.6 is 0 Å². The molecule has 1 aliphatic heterocycles. The molecule has 4 heteroatoms. The second-order valence-electron chi connectivity index (χ2n) is 3.42. The molecule has 1 rings (SSSR count). The van der Waals surface area contributed by atoms with E-state index in [0.717, 1.165) is 13.0 Å². The summed E-state index contributed by atoms with van der Waals surface area (Å²) in [6.45, 7) is 0.809. The molecular weight excluding hydrogens is 158 g/mol. The zero-order valence-corrected chi connectivity index (χ0v) is 7.49. The lowest BCUT2D eigenvalue weighted by molar-refractivity contribution is -0.149. The van der Waals surface area contributed by atoms with Gasteiger partial charge in [-0.3, -0.25) is 0 Å². The lowest BCUT2D eigenvalue weighted by Gasteiger charge is -2.15. The average molecular weight is 173 g/mol. The van der Waals surface area contributed by atoms with Crippen molar-refractivity contribution < 1.29 is 14.6 Å². The molecule has 0 bridgehead atoms. The van der Waals surface area contributed by atoms with Gasteiger partial charge in [-0.15, -0.1) is 0 Å². The van der Waals surface area contributed by atoms with Crippen LogP contribution in [0.25, 0.3) is 0 Å². The Balaban J connectivity index is 2.30. The monoisotopic (exact) mass is 173 g/mol. The van der Waals surface area contributed by atoms with E-state index in [9.17, 15) is 4.79 Å². The molecule has 1 N–H and O–H groups in total. The SMILES string of the molecule is CN(C)C[C@H]1CC[C@@H](C(=O)O)O1. The Morgan fingerprint density at radius 1 is 1.58 bits per heavy atom. The van der Waals surface area contributed by atoms with E-state index in [0.29, 0.717) is 6.42 Å². The van der Waals surface area contributed by atoms with Crippen molar-refractivity contribution in [3.8, 4) is 0 Å². The predicted octanol–water partition coefficient (Wildman–Crippen LogP) is 0.180. The lowest BCUT2D eigenvalue weighted by Crippen LogP contribution is -2.28. The van der Waals surface area contributed by atoms with Gasteiger partial charge >= 0.3 is 5.97 Å². The quantitative estimate of drug-likeness (QED) is 0.661. The number of carboxylic acids is 1. The van der Waals surface area contributed by atoms with Gasteiger partial charge in [-0.25, -0.2) is 4.79 Å². The summed E-state index contributed by atoms with van der Waals surface area (Å²) in [5.74, 6) is -0.837. The van der Waals surface area contributed by atoms with Gasteiger partial charge < -0.3 is 14.7 Å². The molecule has 0 saturated carbocycles. The average Bonchev–Trinajstić information content (AvgIpc) is 2.34. The molecule has 2 atom stereocenters. The molecule has 1 fully saturated rings. The van der Waals surface area contributed by atoms with E-state index in [1.54, 1.807) is 0 Å². The minimum Gasteiger partial charge on any atom is -0.479 e. The molecular formula is C8H15NO3. The normalized spacial score (nSPS) is 29.6. The van der Waals surface area contributed by atoms with Gasteiger partial charge in [-0.05, 0) is 26.9 Å². The van der Waals surface area contributed by atoms with E-state index in [-0.39, 0.29) is 6.10 Å². The van der Waals surface area contributed by atoms with Crippen LogP contribution in [-0.4, -0.2) is 48.8 Å². The van der Waals surface area contributed by atoms with Crippen LogP contribution in [-0.2, 0) is 9.53 Å². The van der Waals surface area contributed by atoms with E-state index in [1.807, 2.05) is 19.0 Å². The molecule has 4 nitrogen and oxygen atoms in total. The molecule has 0 aromatic carbocycles. The summed E-state index contributed by atoms with van der Waals surface area (Å²) in [6.07, 6.45) is 1.03. The highest BCUT2D eigenvalue weighted by molar-refractivity contribution is 5.72. The van der Waals surface area contributed by atoms with Crippen LogP contribution in [0.5, 0.6) is 0 Å². The molecule has 70 valence electrons. The van der Waals surface area contributed by atoms with Crippen LogP contribution < -0.4 is 0 Å². The topological polar surface area (TPSA) is 49.8 Å². The molecule has 12 heavy (non-hydrogen) atoms. The molecule has 0 spiro atoms. The van der Waals surface area contributed by atoms with E-state index in [2.05, 4.69) is 0 Å². The smallest absolute Gasteiger partial charge is 0.332 e. The lowest BCUT2D eigenvalue weighted by atomic mass is 10.2. The van der Waals surface area contributed by atoms with Gasteiger partial charge in [0.1, 0.15) is 0 Å². The van der Waals surface area contributed by atoms with Crippen LogP contribution in [0.1, 0.15) is 12.8 Å². The summed E-state index contributed by atoms with van der Waals surface area (Å²) in [7, 11) is 3.91. The van der Waals surface area contributed by atoms with Crippen LogP contribution in [0.3, 0.4) is 0 Å². The first-order valence-electron chi connectivity index (χ1n) is 4.12. The number of aliphatic carboxylic acids is 1. The fourth-order valence-electron chi connectivity index (χ4n) is 1.43. The summed E-state index contributed by atoms with van der Waals surface area (Å²) >= 11 is 0. The third-order valence-corrected chi connectivity index (χ3v) is 1.95. The Kier molecular flexibility index (Phi) is 3.05. The van der Waals surface area contributed by atoms with E-state index in [4.69, 9.17) is 9.84 Å². The fraction of sp³-hybridized carbons (Fsp3) is 0.875. The van der Waals surface area contributed by atoms with Gasteiger partial charge in [0.15, 0.2) is 6.10 Å². The molecule has 0 aromatic heterocycles. The van der Waals surface area contributed by atoms with Crippen LogP contribution in [0, 0.1) is 0 Å². The molecule has 0 radical (unpaired) electrons. The highest BCUT2D eigenvalue weighted by Crippen LogP contribution is 2.19. The number of ether oxygens (including phenoxy) is 1. The highest BCUT2D eigenvalue weighted by atomic mass is 16.5. The first kappa shape index (κ1) is 9.48. The van der Waals surface area contributed by atoms with Crippen molar-refractivity contribution in [2.24, 2.45) is 0 Å². The van der Waals surface area contributed by atoms with Crippen molar-refractivity contribution in [2.75, 3.05) is 20.6 Å². The largest absolute Gasteiger partial charge is 0.479 e. The van der Waals surface area contributed by atoms with Crippen molar-refractivity contribution in [3.63, 3.8) is 0 Å². The minimum atomic E-state index is -0.837. The summed E-state index contributed by atoms with van der Waals surface area (Å²) in [6, 6.07) is 0. The third kappa shape index (κ3) is 2.46. The van der Waals surface area contributed by atoms with Crippen molar-refractivity contribution in [1.29, 1.82) is 0 Å². The molecule has 0 aliphatic carbocycles. The molecule has 0 unspecified atom stereocenters. The maximum Gasteiger partial charge on any atom is 0.332 e. The standard InChI is InChI=1S/C8H15NO3/c1-9(2)5-6-3-4-7(12-6)8(10)11/h6-7H,3-5H2,1-2H3,(H,10,11)/t6-,7+/m1/s1. The van der Waals surface area contributed by atoms with Crippen molar-refractivity contribution >= 4 is 5.97 Å². The summed E-state index contributed by atoms with van der Waals surface area (Å²) in [5, 5.41) is 8.63. The third-order valence-electron chi connectivity index (χ3n) is 1.95. The second kappa shape index (κ2) is 3.87. The predicted molar refractivity (Wildman–Crippen MR) is 44.1 cm³/mol. The Labute approximate surface area is 72.1 Å². The number of rotatable bonds is 3. The molecule has 0 aromatic rings. The van der Waals surface area contributed by atoms with Crippen LogP contribution in [0.2, 0.25) is 0 Å². The van der Waals surface area contributed by atoms with Gasteiger partial charge in [0, 0.05) is 6.54 Å². The van der Waals surface area contributed by atoms with Crippen molar-refractivity contribution in [3.05, 3.63) is 0 Å². The first-order valence-corrected chi connectivity index (χ1v) is 4.12. The number of hydrogen-bond donors (Lipinski definition) is 1. The van der Waals surface area contributed by atoms with Crippen molar-refractivity contribution in [2.45, 2.75) is 25.0 Å². The number of likely N-dealkylation sites (N-methyl/N-ethyl adjacent to an activating group) is 1. The van der Waals surface area contributed by atoms with Gasteiger partial charge in [-0.1, -0.05) is 0 Å². The fourth-order valence-corrected chi connectivity index (χ4v) is 1.43. The Bertz CT molecular complexity index is 170. The summed E-state index contributed by atoms with van der Waals surface area (Å²) in [5.41, 5.74) is 0. The molecule has 1 aliphatic rings. The molecule has 1 saturated heterocycles. The zero-order chi connectivity index (χ0) is 9.14. The van der Waals surface area contributed by atoms with E-state index < -0.39 is 12.1 Å². The Morgan fingerprint density at radius 3 is 2.67 bits per heavy atom. The van der Waals surface area contributed by atoms with Gasteiger partial charge in [0.2, 0.25) is 0 Å². The number of nitrogens with zero attached hydrogens (tertiary/aromatic N) is 1. The van der Waals surface area contributed by atoms with Crippen LogP contribution in [0.15, 0.2) is 0 Å². The first-order chi connectivity index (χ1) is 5.59. The summed E-state index contributed by atoms with van der Waals surface area (Å²) in [4.78, 5) is 12.5. The Morgan fingerprint density at radius 2 is 2.25 bits per heavy atom. The molecule has 1 heterocycles. The Hall–Kier alpha value is -0.610. The number of carboxylic acid groups (broad SMARTS) is 1. The summed E-state index contributed by atoms with van der Waals surface area (Å²) < 4.78 is 5.29. The number of hydrogen-bond acceptors (Lipinski definition) is 3. The second-order valence-corrected chi connectivity index (χ2v) is 3.42. The highest BCUT2D eigenvalue weighted by Gasteiger charge is 2.30. The van der Waals surface area contributed by atoms with E-state index in [1.165, 1.54) is 0 Å². The van der Waals surface area contributed by atoms with Gasteiger partial charge in [-0.2, -0.15) is 0 Å². The zero-order valence-electron chi connectivity index (χ0n) is 7.49. The van der Waals surface area contributed by atoms with Gasteiger partial charge in [0.05, 0.1) is 6.10 Å². The maximum absolute atomic E-state index is 10.5. The minimum absolute atomic E-state index is 0.0982. The van der Waals surface area contributed by atoms with Gasteiger partial charge in [0.25, 0.3) is 0 Å². The molecule has 0 amide bonds.